The summed E-state index contributed by atoms with van der Waals surface area (Å²) in [6, 6.07) is 7.85. The van der Waals surface area contributed by atoms with Crippen LogP contribution in [0.1, 0.15) is 83.3 Å². The number of carbonyl (C=O) groups excluding carboxylic acids is 2. The van der Waals surface area contributed by atoms with Crippen molar-refractivity contribution in [2.75, 3.05) is 24.9 Å². The summed E-state index contributed by atoms with van der Waals surface area (Å²) < 4.78 is 65.3. The van der Waals surface area contributed by atoms with Gasteiger partial charge in [-0.25, -0.2) is 9.78 Å². The van der Waals surface area contributed by atoms with Crippen LogP contribution in [0.15, 0.2) is 53.5 Å². The van der Waals surface area contributed by atoms with Crippen LogP contribution in [-0.4, -0.2) is 60.5 Å². The molecular weight excluding hydrogens is 732 g/mol. The van der Waals surface area contributed by atoms with Crippen LogP contribution in [-0.2, 0) is 32.4 Å². The highest BCUT2D eigenvalue weighted by atomic mass is 19.4. The lowest BCUT2D eigenvalue weighted by Crippen LogP contribution is -2.65. The molecule has 3 aromatic rings. The number of rotatable bonds is 11. The molecule has 1 aromatic heterocycles. The predicted molar refractivity (Wildman–Crippen MR) is 202 cm³/mol. The molecule has 56 heavy (non-hydrogen) atoms. The fraction of sp³-hybridized carbons (Fsp3) is 0.538. The van der Waals surface area contributed by atoms with E-state index < -0.39 is 59.5 Å². The topological polar surface area (TPSA) is 154 Å². The van der Waals surface area contributed by atoms with E-state index >= 15 is 0 Å². The zero-order chi connectivity index (χ0) is 40.4. The minimum atomic E-state index is -4.54. The molecular formula is C39H48BF3N6O7. The highest BCUT2D eigenvalue weighted by Gasteiger charge is 2.68. The first-order chi connectivity index (χ1) is 26.4. The van der Waals surface area contributed by atoms with Crippen LogP contribution in [0.2, 0.25) is 0 Å². The van der Waals surface area contributed by atoms with Crippen LogP contribution in [0.25, 0.3) is 0 Å². The zero-order valence-electron chi connectivity index (χ0n) is 32.5. The van der Waals surface area contributed by atoms with Gasteiger partial charge >= 0.3 is 19.3 Å². The summed E-state index contributed by atoms with van der Waals surface area (Å²) >= 11 is 0. The molecule has 13 nitrogen and oxygen atoms in total. The first-order valence-corrected chi connectivity index (χ1v) is 18.9. The third kappa shape index (κ3) is 6.86. The summed E-state index contributed by atoms with van der Waals surface area (Å²) in [6.45, 7) is 10.1. The van der Waals surface area contributed by atoms with Gasteiger partial charge in [0.15, 0.2) is 0 Å². The molecule has 8 rings (SSSR count). The van der Waals surface area contributed by atoms with Crippen LogP contribution >= 0.6 is 0 Å². The van der Waals surface area contributed by atoms with Gasteiger partial charge in [0.2, 0.25) is 5.91 Å². The second kappa shape index (κ2) is 14.3. The number of nitrogens with zero attached hydrogens (tertiary/aromatic N) is 2. The number of methoxy groups -OCH3 is 2. The number of hydrogen-bond donors (Lipinski definition) is 4. The summed E-state index contributed by atoms with van der Waals surface area (Å²) in [5.41, 5.74) is -2.55. The molecule has 4 fully saturated rings. The fourth-order valence-electron chi connectivity index (χ4n) is 9.25. The van der Waals surface area contributed by atoms with E-state index in [0.29, 0.717) is 35.4 Å². The Kier molecular flexibility index (Phi) is 10.1. The Morgan fingerprint density at radius 1 is 1.07 bits per heavy atom. The maximum atomic E-state index is 14.4. The van der Waals surface area contributed by atoms with E-state index in [4.69, 9.17) is 18.8 Å². The van der Waals surface area contributed by atoms with Gasteiger partial charge in [0.05, 0.1) is 54.9 Å². The van der Waals surface area contributed by atoms with Crippen LogP contribution in [0.3, 0.4) is 0 Å². The highest BCUT2D eigenvalue weighted by molar-refractivity contribution is 6.47. The molecule has 3 saturated carbocycles. The van der Waals surface area contributed by atoms with Gasteiger partial charge in [-0.05, 0) is 80.2 Å². The van der Waals surface area contributed by atoms with Gasteiger partial charge in [-0.1, -0.05) is 32.9 Å². The number of ether oxygens (including phenoxy) is 2. The molecule has 17 heteroatoms. The van der Waals surface area contributed by atoms with E-state index in [1.807, 2.05) is 6.92 Å². The third-order valence-electron chi connectivity index (χ3n) is 12.6. The van der Waals surface area contributed by atoms with Crippen molar-refractivity contribution in [3.63, 3.8) is 0 Å². The normalized spacial score (nSPS) is 27.6. The average Bonchev–Trinajstić information content (AvgIpc) is 3.67. The number of anilines is 2. The SMILES string of the molecule is CC[C@H](NC(=O)[C@@H]1C[C@@](C)(NC(=O)Nc2ccc(OC)cc2OC)c2ncc(NCc3cccc(C(F)(F)F)c3)c(=O)n21)B1O[C@@H]2C[C@@H]3C[C@@H](C3(C)C)[C@]2(C)O1. The molecule has 0 spiro atoms. The van der Waals surface area contributed by atoms with Crippen molar-refractivity contribution >= 4 is 30.4 Å². The monoisotopic (exact) mass is 780 g/mol. The van der Waals surface area contributed by atoms with Crippen molar-refractivity contribution in [3.8, 4) is 11.5 Å². The summed E-state index contributed by atoms with van der Waals surface area (Å²) in [5.74, 6) is 0.790. The quantitative estimate of drug-likeness (QED) is 0.171. The van der Waals surface area contributed by atoms with Gasteiger partial charge in [-0.15, -0.1) is 0 Å². The number of carbonyl (C=O) groups is 2. The number of alkyl halides is 3. The molecule has 0 radical (unpaired) electrons. The Hall–Kier alpha value is -4.77. The first-order valence-electron chi connectivity index (χ1n) is 18.9. The molecule has 7 atom stereocenters. The molecule has 4 N–H and O–H groups in total. The Labute approximate surface area is 323 Å². The van der Waals surface area contributed by atoms with Crippen LogP contribution in [0.5, 0.6) is 11.5 Å². The van der Waals surface area contributed by atoms with Gasteiger partial charge in [0.25, 0.3) is 5.56 Å². The molecule has 2 aliphatic heterocycles. The molecule has 300 valence electrons. The van der Waals surface area contributed by atoms with E-state index in [1.54, 1.807) is 25.1 Å². The number of halogens is 3. The number of benzene rings is 2. The van der Waals surface area contributed by atoms with Crippen molar-refractivity contribution in [1.29, 1.82) is 0 Å². The minimum absolute atomic E-state index is 0.0336. The number of fused-ring (bicyclic) bond motifs is 1. The molecule has 1 saturated heterocycles. The van der Waals surface area contributed by atoms with Gasteiger partial charge in [0.1, 0.15) is 29.1 Å². The Balaban J connectivity index is 1.15. The number of aromatic nitrogens is 2. The van der Waals surface area contributed by atoms with Crippen molar-refractivity contribution in [2.45, 2.75) is 102 Å². The smallest absolute Gasteiger partial charge is 0.481 e. The molecule has 2 bridgehead atoms. The van der Waals surface area contributed by atoms with Gasteiger partial charge in [-0.2, -0.15) is 13.2 Å². The maximum absolute atomic E-state index is 14.4. The Morgan fingerprint density at radius 3 is 2.52 bits per heavy atom. The molecule has 3 aliphatic carbocycles. The number of nitrogens with one attached hydrogen (secondary N) is 4. The molecule has 3 amide bonds. The summed E-state index contributed by atoms with van der Waals surface area (Å²) in [4.78, 5) is 46.8. The van der Waals surface area contributed by atoms with Crippen molar-refractivity contribution < 1.29 is 41.5 Å². The van der Waals surface area contributed by atoms with Crippen molar-refractivity contribution in [3.05, 3.63) is 76.0 Å². The molecule has 3 heterocycles. The van der Waals surface area contributed by atoms with Crippen molar-refractivity contribution in [2.24, 2.45) is 17.3 Å². The lowest BCUT2D eigenvalue weighted by Gasteiger charge is -2.64. The van der Waals surface area contributed by atoms with Gasteiger partial charge < -0.3 is 40.0 Å². The van der Waals surface area contributed by atoms with E-state index in [1.165, 1.54) is 37.1 Å². The minimum Gasteiger partial charge on any atom is -0.497 e. The second-order valence-corrected chi connectivity index (χ2v) is 16.3. The van der Waals surface area contributed by atoms with Crippen molar-refractivity contribution in [1.82, 2.24) is 20.2 Å². The van der Waals surface area contributed by atoms with E-state index in [2.05, 4.69) is 47.0 Å². The summed E-state index contributed by atoms with van der Waals surface area (Å²) in [6.07, 6.45) is -1.00. The maximum Gasteiger partial charge on any atom is 0.481 e. The van der Waals surface area contributed by atoms with Crippen LogP contribution in [0.4, 0.5) is 29.3 Å². The van der Waals surface area contributed by atoms with Gasteiger partial charge in [0, 0.05) is 19.0 Å². The Bertz CT molecular complexity index is 2080. The molecule has 2 aromatic carbocycles. The Morgan fingerprint density at radius 2 is 1.84 bits per heavy atom. The largest absolute Gasteiger partial charge is 0.497 e. The number of amides is 3. The average molecular weight is 781 g/mol. The van der Waals surface area contributed by atoms with Gasteiger partial charge in [-0.3, -0.25) is 14.2 Å². The van der Waals surface area contributed by atoms with Crippen LogP contribution in [0, 0.1) is 17.3 Å². The van der Waals surface area contributed by atoms with E-state index in [0.717, 1.165) is 25.0 Å². The van der Waals surface area contributed by atoms with E-state index in [-0.39, 0.29) is 41.6 Å². The first kappa shape index (κ1) is 39.5. The fourth-order valence-corrected chi connectivity index (χ4v) is 9.25. The zero-order valence-corrected chi connectivity index (χ0v) is 32.5. The molecule has 5 aliphatic rings. The molecule has 0 unspecified atom stereocenters. The van der Waals surface area contributed by atoms with E-state index in [9.17, 15) is 27.6 Å². The summed E-state index contributed by atoms with van der Waals surface area (Å²) in [5, 5.41) is 11.7. The number of urea groups is 1. The predicted octanol–water partition coefficient (Wildman–Crippen LogP) is 6.04. The standard InChI is InChI=1S/C39H48BF3N6O7/c1-8-31(40-55-30-16-23-15-29(36(23,2)3)38(30,5)56-40)47-32(50)27-18-37(4,48-35(52)46-25-13-12-24(53-6)17-28(25)54-7)34-45-20-26(33(51)49(27)34)44-19-21-10-9-11-22(14-21)39(41,42)43/h9-14,17,20,23,27,29-31,44H,8,15-16,18-19H2,1-7H3,(H,47,50)(H2,46,48,52)/t23-,27-,29-,30+,31-,37+,38-/m0/s1. The lowest BCUT2D eigenvalue weighted by molar-refractivity contribution is -0.199. The highest BCUT2D eigenvalue weighted by Crippen LogP contribution is 2.65. The number of hydrogen-bond acceptors (Lipinski definition) is 9. The summed E-state index contributed by atoms with van der Waals surface area (Å²) in [7, 11) is 2.25. The lowest BCUT2D eigenvalue weighted by atomic mass is 9.43. The second-order valence-electron chi connectivity index (χ2n) is 16.3. The van der Waals surface area contributed by atoms with Crippen LogP contribution < -0.4 is 36.3 Å². The third-order valence-corrected chi connectivity index (χ3v) is 12.6.